The first-order valence-corrected chi connectivity index (χ1v) is 8.78. The molecule has 0 bridgehead atoms. The number of nitrogens with zero attached hydrogens (tertiary/aromatic N) is 3. The lowest BCUT2D eigenvalue weighted by atomic mass is 10.2. The zero-order valence-corrected chi connectivity index (χ0v) is 15.3. The number of nitriles is 1. The first-order chi connectivity index (χ1) is 12.2. The molecular weight excluding hydrogens is 380 g/mol. The molecule has 3 aromatic rings. The van der Waals surface area contributed by atoms with Crippen LogP contribution in [0.5, 0.6) is 5.75 Å². The maximum atomic E-state index is 9.03. The lowest BCUT2D eigenvalue weighted by Gasteiger charge is -2.12. The van der Waals surface area contributed by atoms with Gasteiger partial charge >= 0.3 is 0 Å². The fraction of sp³-hybridized carbons (Fsp3) is 0.211. The van der Waals surface area contributed by atoms with E-state index in [4.69, 9.17) is 10.00 Å². The smallest absolute Gasteiger partial charge is 0.184 e. The molecule has 1 N–H and O–H groups in total. The molecule has 0 aliphatic carbocycles. The number of aromatic nitrogens is 2. The summed E-state index contributed by atoms with van der Waals surface area (Å²) in [6.07, 6.45) is 1.78. The lowest BCUT2D eigenvalue weighted by molar-refractivity contribution is 0.251. The Labute approximate surface area is 154 Å². The lowest BCUT2D eigenvalue weighted by Crippen LogP contribution is -2.12. The molecule has 0 aliphatic heterocycles. The van der Waals surface area contributed by atoms with Gasteiger partial charge in [0.25, 0.3) is 0 Å². The van der Waals surface area contributed by atoms with Gasteiger partial charge < -0.3 is 10.1 Å². The predicted octanol–water partition coefficient (Wildman–Crippen LogP) is 4.69. The molecule has 0 spiro atoms. The molecule has 0 radical (unpaired) electrons. The summed E-state index contributed by atoms with van der Waals surface area (Å²) in [5.41, 5.74) is 1.93. The van der Waals surface area contributed by atoms with Crippen LogP contribution in [0.1, 0.15) is 18.9 Å². The van der Waals surface area contributed by atoms with Crippen molar-refractivity contribution in [1.82, 2.24) is 9.97 Å². The summed E-state index contributed by atoms with van der Waals surface area (Å²) in [7, 11) is 0. The molecule has 0 saturated heterocycles. The van der Waals surface area contributed by atoms with Crippen LogP contribution in [0.25, 0.3) is 10.9 Å². The van der Waals surface area contributed by atoms with Crippen molar-refractivity contribution in [1.29, 1.82) is 5.26 Å². The van der Waals surface area contributed by atoms with Gasteiger partial charge in [-0.25, -0.2) is 9.97 Å². The number of rotatable bonds is 6. The van der Waals surface area contributed by atoms with Crippen molar-refractivity contribution in [3.8, 4) is 11.8 Å². The molecule has 6 heteroatoms. The average molecular weight is 397 g/mol. The Bertz CT molecular complexity index is 923. The summed E-state index contributed by atoms with van der Waals surface area (Å²) in [5, 5.41) is 13.3. The monoisotopic (exact) mass is 396 g/mol. The third kappa shape index (κ3) is 4.25. The maximum absolute atomic E-state index is 9.03. The van der Waals surface area contributed by atoms with E-state index in [1.807, 2.05) is 49.4 Å². The Morgan fingerprint density at radius 3 is 2.92 bits per heavy atom. The van der Waals surface area contributed by atoms with Gasteiger partial charge in [-0.05, 0) is 42.3 Å². The van der Waals surface area contributed by atoms with Crippen LogP contribution in [0.3, 0.4) is 0 Å². The van der Waals surface area contributed by atoms with Gasteiger partial charge in [-0.2, -0.15) is 5.26 Å². The summed E-state index contributed by atoms with van der Waals surface area (Å²) in [4.78, 5) is 8.62. The minimum Gasteiger partial charge on any atom is -0.476 e. The van der Waals surface area contributed by atoms with Crippen LogP contribution >= 0.6 is 15.9 Å². The van der Waals surface area contributed by atoms with E-state index in [9.17, 15) is 0 Å². The fourth-order valence-electron chi connectivity index (χ4n) is 2.45. The Morgan fingerprint density at radius 2 is 2.12 bits per heavy atom. The largest absolute Gasteiger partial charge is 0.476 e. The summed E-state index contributed by atoms with van der Waals surface area (Å²) in [5.74, 6) is 1.48. The van der Waals surface area contributed by atoms with Crippen LogP contribution < -0.4 is 10.1 Å². The second kappa shape index (κ2) is 7.95. The van der Waals surface area contributed by atoms with Gasteiger partial charge in [0.2, 0.25) is 0 Å². The van der Waals surface area contributed by atoms with E-state index >= 15 is 0 Å². The highest BCUT2D eigenvalue weighted by molar-refractivity contribution is 9.10. The molecule has 25 heavy (non-hydrogen) atoms. The van der Waals surface area contributed by atoms with Crippen molar-refractivity contribution < 1.29 is 4.74 Å². The minimum absolute atomic E-state index is 0.425. The Kier molecular flexibility index (Phi) is 5.46. The molecular formula is C19H17BrN4O. The summed E-state index contributed by atoms with van der Waals surface area (Å²) >= 11 is 3.48. The number of hydrogen-bond acceptors (Lipinski definition) is 5. The Hall–Kier alpha value is -2.65. The van der Waals surface area contributed by atoms with E-state index < -0.39 is 6.10 Å². The van der Waals surface area contributed by atoms with Crippen LogP contribution in [0.15, 0.2) is 53.3 Å². The molecule has 0 fully saturated rings. The van der Waals surface area contributed by atoms with E-state index in [0.717, 1.165) is 26.8 Å². The van der Waals surface area contributed by atoms with Gasteiger partial charge in [0.1, 0.15) is 24.0 Å². The number of fused-ring (bicyclic) bond motifs is 1. The van der Waals surface area contributed by atoms with Crippen molar-refractivity contribution >= 4 is 32.7 Å². The van der Waals surface area contributed by atoms with Gasteiger partial charge in [0.05, 0.1) is 5.52 Å². The molecule has 2 aromatic carbocycles. The van der Waals surface area contributed by atoms with Crippen molar-refractivity contribution in [2.45, 2.75) is 26.0 Å². The van der Waals surface area contributed by atoms with Crippen LogP contribution in [0, 0.1) is 11.3 Å². The van der Waals surface area contributed by atoms with Gasteiger partial charge in [-0.15, -0.1) is 0 Å². The van der Waals surface area contributed by atoms with Crippen LogP contribution in [-0.2, 0) is 6.54 Å². The topological polar surface area (TPSA) is 70.8 Å². The molecule has 1 aromatic heterocycles. The van der Waals surface area contributed by atoms with E-state index in [-0.39, 0.29) is 0 Å². The number of ether oxygens (including phenoxy) is 1. The van der Waals surface area contributed by atoms with Gasteiger partial charge in [-0.1, -0.05) is 35.0 Å². The van der Waals surface area contributed by atoms with Gasteiger partial charge in [0.15, 0.2) is 6.10 Å². The van der Waals surface area contributed by atoms with Crippen LogP contribution in [0.2, 0.25) is 0 Å². The molecule has 126 valence electrons. The number of halogens is 1. The average Bonchev–Trinajstić information content (AvgIpc) is 2.64. The van der Waals surface area contributed by atoms with Crippen molar-refractivity contribution in [3.05, 3.63) is 58.8 Å². The molecule has 5 nitrogen and oxygen atoms in total. The molecule has 0 aliphatic rings. The highest BCUT2D eigenvalue weighted by Crippen LogP contribution is 2.24. The van der Waals surface area contributed by atoms with Crippen molar-refractivity contribution in [3.63, 3.8) is 0 Å². The second-order valence-electron chi connectivity index (χ2n) is 5.53. The summed E-state index contributed by atoms with van der Waals surface area (Å²) in [6, 6.07) is 15.8. The first-order valence-electron chi connectivity index (χ1n) is 7.99. The van der Waals surface area contributed by atoms with E-state index in [0.29, 0.717) is 18.7 Å². The number of nitrogens with one attached hydrogen (secondary N) is 1. The zero-order valence-electron chi connectivity index (χ0n) is 13.7. The quantitative estimate of drug-likeness (QED) is 0.654. The predicted molar refractivity (Wildman–Crippen MR) is 101 cm³/mol. The van der Waals surface area contributed by atoms with Gasteiger partial charge in [0, 0.05) is 16.4 Å². The highest BCUT2D eigenvalue weighted by atomic mass is 79.9. The Morgan fingerprint density at radius 1 is 1.24 bits per heavy atom. The molecule has 3 rings (SSSR count). The minimum atomic E-state index is -0.425. The SMILES string of the molecule is CCC(C#N)Oc1cccc(CNc2ncnc3ccc(Br)cc23)c1. The fourth-order valence-corrected chi connectivity index (χ4v) is 2.81. The first kappa shape index (κ1) is 17.2. The normalized spacial score (nSPS) is 11.7. The van der Waals surface area contributed by atoms with Crippen LogP contribution in [0.4, 0.5) is 5.82 Å². The number of hydrogen-bond donors (Lipinski definition) is 1. The molecule has 1 atom stereocenters. The van der Waals surface area contributed by atoms with Crippen molar-refractivity contribution in [2.75, 3.05) is 5.32 Å². The summed E-state index contributed by atoms with van der Waals surface area (Å²) in [6.45, 7) is 2.52. The van der Waals surface area contributed by atoms with E-state index in [1.54, 1.807) is 6.33 Å². The number of benzene rings is 2. The molecule has 0 amide bonds. The second-order valence-corrected chi connectivity index (χ2v) is 6.44. The molecule has 1 heterocycles. The third-order valence-corrected chi connectivity index (χ3v) is 4.24. The van der Waals surface area contributed by atoms with E-state index in [2.05, 4.69) is 37.3 Å². The van der Waals surface area contributed by atoms with Crippen molar-refractivity contribution in [2.24, 2.45) is 0 Å². The molecule has 1 unspecified atom stereocenters. The van der Waals surface area contributed by atoms with Crippen LogP contribution in [-0.4, -0.2) is 16.1 Å². The third-order valence-electron chi connectivity index (χ3n) is 3.75. The van der Waals surface area contributed by atoms with Gasteiger partial charge in [-0.3, -0.25) is 0 Å². The molecule has 0 saturated carbocycles. The standard InChI is InChI=1S/C19H17BrN4O/c1-2-15(10-21)25-16-5-3-4-13(8-16)11-22-19-17-9-14(20)6-7-18(17)23-12-24-19/h3-9,12,15H,2,11H2,1H3,(H,22,23,24). The maximum Gasteiger partial charge on any atom is 0.184 e. The summed E-state index contributed by atoms with van der Waals surface area (Å²) < 4.78 is 6.65. The Balaban J connectivity index is 1.76. The zero-order chi connectivity index (χ0) is 17.6. The highest BCUT2D eigenvalue weighted by Gasteiger charge is 2.07. The number of anilines is 1. The van der Waals surface area contributed by atoms with E-state index in [1.165, 1.54) is 0 Å².